The van der Waals surface area contributed by atoms with Crippen LogP contribution < -0.4 is 5.32 Å². The summed E-state index contributed by atoms with van der Waals surface area (Å²) >= 11 is 0. The highest BCUT2D eigenvalue weighted by molar-refractivity contribution is 5.78. The second-order valence-corrected chi connectivity index (χ2v) is 6.24. The van der Waals surface area contributed by atoms with Crippen molar-refractivity contribution < 1.29 is 4.79 Å². The molecule has 3 nitrogen and oxygen atoms in total. The lowest BCUT2D eigenvalue weighted by atomic mass is 9.93. The van der Waals surface area contributed by atoms with Crippen molar-refractivity contribution in [2.75, 3.05) is 7.05 Å². The Morgan fingerprint density at radius 2 is 1.71 bits per heavy atom. The van der Waals surface area contributed by atoms with Crippen LogP contribution in [0.4, 0.5) is 0 Å². The Morgan fingerprint density at radius 1 is 1.18 bits per heavy atom. The van der Waals surface area contributed by atoms with Crippen molar-refractivity contribution >= 4 is 5.91 Å². The number of rotatable bonds is 3. The van der Waals surface area contributed by atoms with Gasteiger partial charge in [-0.25, -0.2) is 0 Å². The summed E-state index contributed by atoms with van der Waals surface area (Å²) in [6.45, 7) is 6.31. The smallest absolute Gasteiger partial charge is 0.225 e. The molecule has 98 valence electrons. The molecular weight excluding hydrogens is 212 g/mol. The van der Waals surface area contributed by atoms with Gasteiger partial charge >= 0.3 is 0 Å². The summed E-state index contributed by atoms with van der Waals surface area (Å²) < 4.78 is 0. The van der Waals surface area contributed by atoms with Gasteiger partial charge in [0.1, 0.15) is 0 Å². The zero-order valence-corrected chi connectivity index (χ0v) is 11.6. The molecule has 17 heavy (non-hydrogen) atoms. The zero-order valence-electron chi connectivity index (χ0n) is 11.6. The predicted molar refractivity (Wildman–Crippen MR) is 69.7 cm³/mol. The van der Waals surface area contributed by atoms with E-state index in [9.17, 15) is 4.79 Å². The van der Waals surface area contributed by atoms with E-state index < -0.39 is 0 Å². The number of hydrogen-bond acceptors (Lipinski definition) is 2. The Hall–Kier alpha value is -0.570. The fourth-order valence-corrected chi connectivity index (χ4v) is 3.13. The molecule has 1 amide bonds. The maximum absolute atomic E-state index is 12.3. The zero-order chi connectivity index (χ0) is 12.6. The number of carbonyl (C=O) groups is 1. The van der Waals surface area contributed by atoms with Gasteiger partial charge in [-0.05, 0) is 31.6 Å². The predicted octanol–water partition coefficient (Wildman–Crippen LogP) is 2.02. The van der Waals surface area contributed by atoms with E-state index in [4.69, 9.17) is 0 Å². The number of piperidine rings is 1. The topological polar surface area (TPSA) is 32.3 Å². The molecule has 0 aromatic carbocycles. The van der Waals surface area contributed by atoms with Crippen LogP contribution in [0.15, 0.2) is 0 Å². The van der Waals surface area contributed by atoms with Crippen molar-refractivity contribution in [3.05, 3.63) is 0 Å². The van der Waals surface area contributed by atoms with E-state index in [2.05, 4.69) is 26.1 Å². The summed E-state index contributed by atoms with van der Waals surface area (Å²) in [4.78, 5) is 14.3. The molecule has 3 heteroatoms. The van der Waals surface area contributed by atoms with Crippen LogP contribution >= 0.6 is 0 Å². The number of fused-ring (bicyclic) bond motifs is 2. The van der Waals surface area contributed by atoms with Crippen LogP contribution in [0.25, 0.3) is 0 Å². The molecule has 0 radical (unpaired) electrons. The van der Waals surface area contributed by atoms with Crippen molar-refractivity contribution in [3.8, 4) is 0 Å². The third kappa shape index (κ3) is 2.65. The minimum absolute atomic E-state index is 0.146. The van der Waals surface area contributed by atoms with Gasteiger partial charge in [-0.15, -0.1) is 0 Å². The molecule has 0 spiro atoms. The van der Waals surface area contributed by atoms with Crippen LogP contribution in [0.2, 0.25) is 0 Å². The number of carbonyl (C=O) groups excluding carboxylic acids is 1. The summed E-state index contributed by atoms with van der Waals surface area (Å²) in [5.41, 5.74) is 0. The van der Waals surface area contributed by atoms with Crippen LogP contribution in [0.3, 0.4) is 0 Å². The molecule has 1 N–H and O–H groups in total. The molecule has 0 aromatic rings. The first-order chi connectivity index (χ1) is 7.99. The highest BCUT2D eigenvalue weighted by atomic mass is 16.2. The fourth-order valence-electron chi connectivity index (χ4n) is 3.13. The number of nitrogens with zero attached hydrogens (tertiary/aromatic N) is 1. The van der Waals surface area contributed by atoms with Gasteiger partial charge in [0, 0.05) is 31.1 Å². The Labute approximate surface area is 105 Å². The average molecular weight is 238 g/mol. The van der Waals surface area contributed by atoms with Gasteiger partial charge < -0.3 is 10.2 Å². The molecule has 0 aliphatic carbocycles. The van der Waals surface area contributed by atoms with E-state index in [1.165, 1.54) is 12.8 Å². The summed E-state index contributed by atoms with van der Waals surface area (Å²) in [6.07, 6.45) is 4.87. The highest BCUT2D eigenvalue weighted by Crippen LogP contribution is 2.30. The normalized spacial score (nSPS) is 33.8. The second-order valence-electron chi connectivity index (χ2n) is 6.24. The standard InChI is InChI=1S/C14H26N2O/c1-9(2)10(3)14(17)16(4)13-7-11-5-6-12(8-13)15-11/h9-13,15H,5-8H2,1-4H3. The average Bonchev–Trinajstić information content (AvgIpc) is 2.65. The van der Waals surface area contributed by atoms with Gasteiger partial charge in [0.25, 0.3) is 0 Å². The van der Waals surface area contributed by atoms with Crippen molar-refractivity contribution in [2.24, 2.45) is 11.8 Å². The van der Waals surface area contributed by atoms with Crippen LogP contribution in [0, 0.1) is 11.8 Å². The van der Waals surface area contributed by atoms with Crippen molar-refractivity contribution in [1.82, 2.24) is 10.2 Å². The molecule has 2 saturated heterocycles. The van der Waals surface area contributed by atoms with Gasteiger partial charge in [-0.3, -0.25) is 4.79 Å². The minimum Gasteiger partial charge on any atom is -0.342 e. The monoisotopic (exact) mass is 238 g/mol. The second kappa shape index (κ2) is 4.97. The molecule has 2 aliphatic rings. The quantitative estimate of drug-likeness (QED) is 0.816. The van der Waals surface area contributed by atoms with E-state index in [1.807, 2.05) is 11.9 Å². The lowest BCUT2D eigenvalue weighted by Gasteiger charge is -2.37. The SMILES string of the molecule is CC(C)C(C)C(=O)N(C)C1CC2CCC(C1)N2. The summed E-state index contributed by atoms with van der Waals surface area (Å²) in [6, 6.07) is 1.77. The van der Waals surface area contributed by atoms with Crippen molar-refractivity contribution in [3.63, 3.8) is 0 Å². The van der Waals surface area contributed by atoms with Crippen LogP contribution in [-0.2, 0) is 4.79 Å². The molecule has 2 rings (SSSR count). The maximum atomic E-state index is 12.3. The van der Waals surface area contributed by atoms with E-state index in [0.29, 0.717) is 30.0 Å². The first-order valence-electron chi connectivity index (χ1n) is 7.01. The Morgan fingerprint density at radius 3 is 2.18 bits per heavy atom. The number of nitrogens with one attached hydrogen (secondary N) is 1. The van der Waals surface area contributed by atoms with Gasteiger partial charge in [0.2, 0.25) is 5.91 Å². The van der Waals surface area contributed by atoms with Crippen LogP contribution in [-0.4, -0.2) is 36.0 Å². The van der Waals surface area contributed by atoms with Crippen LogP contribution in [0.1, 0.15) is 46.5 Å². The van der Waals surface area contributed by atoms with E-state index in [-0.39, 0.29) is 5.92 Å². The van der Waals surface area contributed by atoms with E-state index >= 15 is 0 Å². The Kier molecular flexibility index (Phi) is 3.76. The van der Waals surface area contributed by atoms with Crippen LogP contribution in [0.5, 0.6) is 0 Å². The summed E-state index contributed by atoms with van der Waals surface area (Å²) in [7, 11) is 2.00. The van der Waals surface area contributed by atoms with Crippen molar-refractivity contribution in [1.29, 1.82) is 0 Å². The van der Waals surface area contributed by atoms with Gasteiger partial charge in [-0.1, -0.05) is 20.8 Å². The Balaban J connectivity index is 1.95. The molecule has 0 aromatic heterocycles. The molecule has 0 saturated carbocycles. The summed E-state index contributed by atoms with van der Waals surface area (Å²) in [5.74, 6) is 0.905. The third-order valence-electron chi connectivity index (χ3n) is 4.73. The molecule has 2 fully saturated rings. The first kappa shape index (κ1) is 12.9. The largest absolute Gasteiger partial charge is 0.342 e. The minimum atomic E-state index is 0.146. The molecule has 2 heterocycles. The van der Waals surface area contributed by atoms with Gasteiger partial charge in [0.05, 0.1) is 0 Å². The number of amides is 1. The molecule has 3 atom stereocenters. The van der Waals surface area contributed by atoms with E-state index in [0.717, 1.165) is 12.8 Å². The molecule has 3 unspecified atom stereocenters. The lowest BCUT2D eigenvalue weighted by Crippen LogP contribution is -2.50. The Bertz CT molecular complexity index is 278. The third-order valence-corrected chi connectivity index (χ3v) is 4.73. The fraction of sp³-hybridized carbons (Fsp3) is 0.929. The molecular formula is C14H26N2O. The maximum Gasteiger partial charge on any atom is 0.225 e. The van der Waals surface area contributed by atoms with Gasteiger partial charge in [-0.2, -0.15) is 0 Å². The van der Waals surface area contributed by atoms with Gasteiger partial charge in [0.15, 0.2) is 0 Å². The van der Waals surface area contributed by atoms with E-state index in [1.54, 1.807) is 0 Å². The first-order valence-corrected chi connectivity index (χ1v) is 7.01. The summed E-state index contributed by atoms with van der Waals surface area (Å²) in [5, 5.41) is 3.63. The highest BCUT2D eigenvalue weighted by Gasteiger charge is 2.37. The van der Waals surface area contributed by atoms with Crippen molar-refractivity contribution in [2.45, 2.75) is 64.6 Å². The molecule has 2 aliphatic heterocycles. The number of hydrogen-bond donors (Lipinski definition) is 1. The molecule has 2 bridgehead atoms. The lowest BCUT2D eigenvalue weighted by molar-refractivity contribution is -0.137.